The van der Waals surface area contributed by atoms with Crippen LogP contribution in [0.5, 0.6) is 0 Å². The third kappa shape index (κ3) is 2.38. The number of anilines is 1. The van der Waals surface area contributed by atoms with Gasteiger partial charge < -0.3 is 15.0 Å². The number of ether oxygens (including phenoxy) is 1. The van der Waals surface area contributed by atoms with Crippen molar-refractivity contribution in [3.63, 3.8) is 0 Å². The zero-order chi connectivity index (χ0) is 12.4. The molecule has 0 aliphatic carbocycles. The van der Waals surface area contributed by atoms with E-state index in [4.69, 9.17) is 4.74 Å². The molecule has 2 heterocycles. The van der Waals surface area contributed by atoms with Gasteiger partial charge >= 0.3 is 0 Å². The van der Waals surface area contributed by atoms with Crippen molar-refractivity contribution >= 4 is 5.69 Å². The summed E-state index contributed by atoms with van der Waals surface area (Å²) in [5.74, 6) is 0.672. The molecule has 1 aromatic carbocycles. The van der Waals surface area contributed by atoms with Crippen LogP contribution in [0.15, 0.2) is 24.3 Å². The lowest BCUT2D eigenvalue weighted by Gasteiger charge is -2.24. The van der Waals surface area contributed by atoms with Crippen LogP contribution in [0, 0.1) is 0 Å². The van der Waals surface area contributed by atoms with Crippen molar-refractivity contribution in [3.8, 4) is 0 Å². The second-order valence-electron chi connectivity index (χ2n) is 5.45. The Morgan fingerprint density at radius 2 is 2.28 bits per heavy atom. The van der Waals surface area contributed by atoms with E-state index in [2.05, 4.69) is 41.5 Å². The molecule has 0 spiro atoms. The Kier molecular flexibility index (Phi) is 3.52. The number of rotatable bonds is 4. The summed E-state index contributed by atoms with van der Waals surface area (Å²) in [6.45, 7) is 4.10. The Hall–Kier alpha value is -1.06. The molecule has 1 aromatic rings. The Bertz CT molecular complexity index is 401. The minimum Gasteiger partial charge on any atom is -0.384 e. The number of benzene rings is 1. The topological polar surface area (TPSA) is 24.5 Å². The van der Waals surface area contributed by atoms with Crippen LogP contribution < -0.4 is 5.32 Å². The Labute approximate surface area is 109 Å². The summed E-state index contributed by atoms with van der Waals surface area (Å²) in [7, 11) is 2.23. The van der Waals surface area contributed by atoms with Crippen LogP contribution >= 0.6 is 0 Å². The molecule has 3 heteroatoms. The van der Waals surface area contributed by atoms with Gasteiger partial charge in [0.15, 0.2) is 0 Å². The maximum atomic E-state index is 5.45. The Morgan fingerprint density at radius 3 is 3.11 bits per heavy atom. The molecule has 2 unspecified atom stereocenters. The van der Waals surface area contributed by atoms with Crippen molar-refractivity contribution in [1.82, 2.24) is 4.90 Å². The minimum absolute atomic E-state index is 0.634. The number of hydrogen-bond acceptors (Lipinski definition) is 3. The first kappa shape index (κ1) is 12.0. The normalized spacial score (nSPS) is 26.3. The zero-order valence-corrected chi connectivity index (χ0v) is 11.1. The summed E-state index contributed by atoms with van der Waals surface area (Å²) in [6.07, 6.45) is 2.42. The highest BCUT2D eigenvalue weighted by Gasteiger charge is 2.24. The highest BCUT2D eigenvalue weighted by Crippen LogP contribution is 2.33. The highest BCUT2D eigenvalue weighted by molar-refractivity contribution is 5.57. The van der Waals surface area contributed by atoms with Crippen LogP contribution in [0.2, 0.25) is 0 Å². The van der Waals surface area contributed by atoms with Gasteiger partial charge in [0.05, 0.1) is 6.61 Å². The SMILES string of the molecule is CN(CCC1CNc2ccccc21)C1CCOC1. The summed E-state index contributed by atoms with van der Waals surface area (Å²) in [4.78, 5) is 2.47. The van der Waals surface area contributed by atoms with E-state index in [1.807, 2.05) is 0 Å². The van der Waals surface area contributed by atoms with E-state index in [1.165, 1.54) is 24.1 Å². The molecule has 0 amide bonds. The maximum Gasteiger partial charge on any atom is 0.0622 e. The van der Waals surface area contributed by atoms with Gasteiger partial charge in [-0.25, -0.2) is 0 Å². The summed E-state index contributed by atoms with van der Waals surface area (Å²) < 4.78 is 5.45. The number of likely N-dealkylation sites (N-methyl/N-ethyl adjacent to an activating group) is 1. The number of nitrogens with zero attached hydrogens (tertiary/aromatic N) is 1. The molecule has 0 saturated carbocycles. The van der Waals surface area contributed by atoms with Crippen molar-refractivity contribution in [1.29, 1.82) is 0 Å². The number of para-hydroxylation sites is 1. The molecular weight excluding hydrogens is 224 g/mol. The molecule has 0 bridgehead atoms. The van der Waals surface area contributed by atoms with Crippen LogP contribution in [0.25, 0.3) is 0 Å². The molecule has 3 nitrogen and oxygen atoms in total. The van der Waals surface area contributed by atoms with Gasteiger partial charge in [-0.2, -0.15) is 0 Å². The Morgan fingerprint density at radius 1 is 1.39 bits per heavy atom. The van der Waals surface area contributed by atoms with Gasteiger partial charge in [-0.15, -0.1) is 0 Å². The van der Waals surface area contributed by atoms with Gasteiger partial charge in [0, 0.05) is 30.8 Å². The van der Waals surface area contributed by atoms with Crippen LogP contribution in [0.1, 0.15) is 24.3 Å². The predicted molar refractivity (Wildman–Crippen MR) is 74.1 cm³/mol. The van der Waals surface area contributed by atoms with Crippen molar-refractivity contribution in [2.24, 2.45) is 0 Å². The van der Waals surface area contributed by atoms with Gasteiger partial charge in [0.2, 0.25) is 0 Å². The summed E-state index contributed by atoms with van der Waals surface area (Å²) in [5.41, 5.74) is 2.82. The van der Waals surface area contributed by atoms with E-state index in [1.54, 1.807) is 0 Å². The maximum absolute atomic E-state index is 5.45. The largest absolute Gasteiger partial charge is 0.384 e. The van der Waals surface area contributed by atoms with Gasteiger partial charge in [-0.3, -0.25) is 0 Å². The standard InChI is InChI=1S/C15H22N2O/c1-17(13-7-9-18-11-13)8-6-12-10-16-15-5-3-2-4-14(12)15/h2-5,12-13,16H,6-11H2,1H3. The number of fused-ring (bicyclic) bond motifs is 1. The van der Waals surface area contributed by atoms with E-state index in [-0.39, 0.29) is 0 Å². The van der Waals surface area contributed by atoms with E-state index in [0.717, 1.165) is 26.3 Å². The number of hydrogen-bond donors (Lipinski definition) is 1. The van der Waals surface area contributed by atoms with Gasteiger partial charge in [-0.1, -0.05) is 18.2 Å². The van der Waals surface area contributed by atoms with Gasteiger partial charge in [0.25, 0.3) is 0 Å². The molecule has 0 aromatic heterocycles. The molecule has 1 N–H and O–H groups in total. The molecule has 1 saturated heterocycles. The average Bonchev–Trinajstić information content (AvgIpc) is 3.06. The fourth-order valence-corrected chi connectivity index (χ4v) is 3.03. The molecular formula is C15H22N2O. The fourth-order valence-electron chi connectivity index (χ4n) is 3.03. The van der Waals surface area contributed by atoms with Crippen LogP contribution in [-0.4, -0.2) is 44.3 Å². The lowest BCUT2D eigenvalue weighted by molar-refractivity contribution is 0.157. The molecule has 2 atom stereocenters. The second kappa shape index (κ2) is 5.29. The van der Waals surface area contributed by atoms with Crippen molar-refractivity contribution in [2.45, 2.75) is 24.8 Å². The summed E-state index contributed by atoms with van der Waals surface area (Å²) in [6, 6.07) is 9.33. The van der Waals surface area contributed by atoms with E-state index < -0.39 is 0 Å². The summed E-state index contributed by atoms with van der Waals surface area (Å²) in [5, 5.41) is 3.50. The van der Waals surface area contributed by atoms with E-state index in [9.17, 15) is 0 Å². The van der Waals surface area contributed by atoms with Crippen molar-refractivity contribution in [2.75, 3.05) is 38.7 Å². The lowest BCUT2D eigenvalue weighted by Crippen LogP contribution is -2.33. The third-order valence-corrected chi connectivity index (χ3v) is 4.30. The lowest BCUT2D eigenvalue weighted by atomic mass is 9.97. The highest BCUT2D eigenvalue weighted by atomic mass is 16.5. The van der Waals surface area contributed by atoms with Crippen LogP contribution in [0.3, 0.4) is 0 Å². The molecule has 2 aliphatic heterocycles. The van der Waals surface area contributed by atoms with E-state index >= 15 is 0 Å². The quantitative estimate of drug-likeness (QED) is 0.882. The molecule has 2 aliphatic rings. The smallest absolute Gasteiger partial charge is 0.0622 e. The minimum atomic E-state index is 0.634. The first-order valence-electron chi connectivity index (χ1n) is 6.95. The third-order valence-electron chi connectivity index (χ3n) is 4.30. The summed E-state index contributed by atoms with van der Waals surface area (Å²) >= 11 is 0. The zero-order valence-electron chi connectivity index (χ0n) is 11.1. The number of nitrogens with one attached hydrogen (secondary N) is 1. The Balaban J connectivity index is 1.55. The fraction of sp³-hybridized carbons (Fsp3) is 0.600. The van der Waals surface area contributed by atoms with Gasteiger partial charge in [0.1, 0.15) is 0 Å². The second-order valence-corrected chi connectivity index (χ2v) is 5.45. The predicted octanol–water partition coefficient (Wildman–Crippen LogP) is 2.31. The van der Waals surface area contributed by atoms with Crippen LogP contribution in [0.4, 0.5) is 5.69 Å². The molecule has 0 radical (unpaired) electrons. The molecule has 3 rings (SSSR count). The van der Waals surface area contributed by atoms with Crippen molar-refractivity contribution < 1.29 is 4.74 Å². The molecule has 1 fully saturated rings. The average molecular weight is 246 g/mol. The monoisotopic (exact) mass is 246 g/mol. The molecule has 18 heavy (non-hydrogen) atoms. The molecule has 98 valence electrons. The first-order valence-corrected chi connectivity index (χ1v) is 6.95. The van der Waals surface area contributed by atoms with Crippen molar-refractivity contribution in [3.05, 3.63) is 29.8 Å². The van der Waals surface area contributed by atoms with Crippen LogP contribution in [-0.2, 0) is 4.74 Å². The van der Waals surface area contributed by atoms with Gasteiger partial charge in [-0.05, 0) is 38.1 Å². The first-order chi connectivity index (χ1) is 8.84. The van der Waals surface area contributed by atoms with E-state index in [0.29, 0.717) is 12.0 Å².